The average Bonchev–Trinajstić information content (AvgIpc) is 3.13. The number of nitrogens with zero attached hydrogens (tertiary/aromatic N) is 4. The lowest BCUT2D eigenvalue weighted by molar-refractivity contribution is 0.101. The minimum Gasteiger partial charge on any atom is -0.449 e. The Morgan fingerprint density at radius 3 is 1.12 bits per heavy atom. The number of aliphatic imine (C=N–C) groups is 2. The summed E-state index contributed by atoms with van der Waals surface area (Å²) in [6.45, 7) is 13.8. The van der Waals surface area contributed by atoms with Gasteiger partial charge in [-0.05, 0) is 113 Å². The summed E-state index contributed by atoms with van der Waals surface area (Å²) in [7, 11) is 0. The summed E-state index contributed by atoms with van der Waals surface area (Å²) in [5.74, 6) is 0.318. The van der Waals surface area contributed by atoms with Gasteiger partial charge in [0.05, 0.1) is 13.2 Å². The molecule has 0 aliphatic carbocycles. The summed E-state index contributed by atoms with van der Waals surface area (Å²) >= 11 is 0. The monoisotopic (exact) mass is 684 g/mol. The van der Waals surface area contributed by atoms with Crippen LogP contribution in [0.2, 0.25) is 0 Å². The minimum atomic E-state index is -0.452. The highest BCUT2D eigenvalue weighted by atomic mass is 16.6. The van der Waals surface area contributed by atoms with Gasteiger partial charge in [-0.3, -0.25) is 29.4 Å². The molecule has 3 rings (SSSR count). The number of benzene rings is 3. The highest BCUT2D eigenvalue weighted by molar-refractivity contribution is 6.09. The van der Waals surface area contributed by atoms with Gasteiger partial charge >= 0.3 is 12.2 Å². The van der Waals surface area contributed by atoms with E-state index in [0.717, 1.165) is 24.0 Å². The molecule has 12 nitrogen and oxygen atoms in total. The first kappa shape index (κ1) is 38.9. The van der Waals surface area contributed by atoms with Crippen molar-refractivity contribution in [2.75, 3.05) is 50.0 Å². The van der Waals surface area contributed by atoms with Crippen molar-refractivity contribution in [2.45, 2.75) is 54.4 Å². The lowest BCUT2D eigenvalue weighted by Gasteiger charge is -2.22. The van der Waals surface area contributed by atoms with Gasteiger partial charge in [0.25, 0.3) is 11.8 Å². The summed E-state index contributed by atoms with van der Waals surface area (Å²) in [5, 5.41) is 5.73. The molecule has 0 spiro atoms. The second-order valence-corrected chi connectivity index (χ2v) is 11.0. The molecule has 50 heavy (non-hydrogen) atoms. The van der Waals surface area contributed by atoms with Crippen LogP contribution in [0.15, 0.2) is 82.8 Å². The molecular formula is C38H48N6O6. The first-order chi connectivity index (χ1) is 24.2. The fourth-order valence-corrected chi connectivity index (χ4v) is 4.81. The Bertz CT molecular complexity index is 1510. The fourth-order valence-electron chi connectivity index (χ4n) is 4.81. The van der Waals surface area contributed by atoms with Gasteiger partial charge in [0.15, 0.2) is 0 Å². The maximum atomic E-state index is 13.0. The summed E-state index contributed by atoms with van der Waals surface area (Å²) < 4.78 is 10.6. The predicted octanol–water partition coefficient (Wildman–Crippen LogP) is 7.46. The quantitative estimate of drug-likeness (QED) is 0.133. The Morgan fingerprint density at radius 2 is 0.840 bits per heavy atom. The molecule has 12 heteroatoms. The Hall–Kier alpha value is -5.52. The van der Waals surface area contributed by atoms with Crippen LogP contribution in [0.3, 0.4) is 0 Å². The van der Waals surface area contributed by atoms with E-state index in [1.54, 1.807) is 72.8 Å². The number of nitrogens with one attached hydrogen (secondary N) is 2. The summed E-state index contributed by atoms with van der Waals surface area (Å²) in [6.07, 6.45) is 0.538. The van der Waals surface area contributed by atoms with Crippen molar-refractivity contribution in [2.24, 2.45) is 9.98 Å². The molecule has 266 valence electrons. The molecule has 0 radical (unpaired) electrons. The van der Waals surface area contributed by atoms with E-state index >= 15 is 0 Å². The zero-order chi connectivity index (χ0) is 36.5. The van der Waals surface area contributed by atoms with Gasteiger partial charge in [-0.2, -0.15) is 0 Å². The van der Waals surface area contributed by atoms with Crippen molar-refractivity contribution in [3.05, 3.63) is 95.1 Å². The highest BCUT2D eigenvalue weighted by Gasteiger charge is 2.22. The highest BCUT2D eigenvalue weighted by Crippen LogP contribution is 2.18. The number of hydrogen-bond acceptors (Lipinski definition) is 8. The van der Waals surface area contributed by atoms with Crippen LogP contribution < -0.4 is 10.6 Å². The number of rotatable bonds is 14. The number of carbonyl (C=O) groups is 4. The molecule has 0 heterocycles. The van der Waals surface area contributed by atoms with E-state index < -0.39 is 12.2 Å². The Morgan fingerprint density at radius 1 is 0.520 bits per heavy atom. The van der Waals surface area contributed by atoms with Gasteiger partial charge in [-0.25, -0.2) is 9.59 Å². The zero-order valence-corrected chi connectivity index (χ0v) is 29.8. The third-order valence-corrected chi connectivity index (χ3v) is 7.27. The molecule has 0 atom stereocenters. The Kier molecular flexibility index (Phi) is 15.6. The fraction of sp³-hybridized carbons (Fsp3) is 0.368. The maximum absolute atomic E-state index is 13.0. The third-order valence-electron chi connectivity index (χ3n) is 7.27. The van der Waals surface area contributed by atoms with Gasteiger partial charge < -0.3 is 20.1 Å². The van der Waals surface area contributed by atoms with Crippen molar-refractivity contribution in [1.29, 1.82) is 0 Å². The van der Waals surface area contributed by atoms with Gasteiger partial charge in [0.1, 0.15) is 11.7 Å². The smallest absolute Gasteiger partial charge is 0.415 e. The lowest BCUT2D eigenvalue weighted by Crippen LogP contribution is -2.38. The van der Waals surface area contributed by atoms with Crippen molar-refractivity contribution in [1.82, 2.24) is 9.80 Å². The molecule has 0 aromatic heterocycles. The van der Waals surface area contributed by atoms with Crippen LogP contribution in [-0.4, -0.2) is 84.9 Å². The summed E-state index contributed by atoms with van der Waals surface area (Å²) in [5.41, 5.74) is 3.30. The van der Waals surface area contributed by atoms with Crippen molar-refractivity contribution in [3.8, 4) is 0 Å². The van der Waals surface area contributed by atoms with Crippen LogP contribution in [-0.2, 0) is 9.47 Å². The molecule has 3 aromatic carbocycles. The number of anilines is 2. The lowest BCUT2D eigenvalue weighted by atomic mass is 10.1. The number of amidine groups is 2. The molecule has 0 saturated heterocycles. The van der Waals surface area contributed by atoms with Crippen molar-refractivity contribution >= 4 is 47.0 Å². The van der Waals surface area contributed by atoms with Gasteiger partial charge in [0.2, 0.25) is 0 Å². The molecule has 0 unspecified atom stereocenters. The molecule has 3 aromatic rings. The average molecular weight is 685 g/mol. The van der Waals surface area contributed by atoms with Crippen LogP contribution in [0.4, 0.5) is 21.0 Å². The second-order valence-electron chi connectivity index (χ2n) is 11.0. The number of hydrogen-bond donors (Lipinski definition) is 2. The van der Waals surface area contributed by atoms with Crippen LogP contribution in [0.5, 0.6) is 0 Å². The van der Waals surface area contributed by atoms with Crippen LogP contribution in [0.25, 0.3) is 0 Å². The second kappa shape index (κ2) is 20.1. The first-order valence-electron chi connectivity index (χ1n) is 17.1. The molecule has 0 bridgehead atoms. The molecule has 2 N–H and O–H groups in total. The molecular weight excluding hydrogens is 636 g/mol. The Labute approximate surface area is 294 Å². The van der Waals surface area contributed by atoms with E-state index in [1.165, 1.54) is 9.80 Å². The standard InChI is InChI=1S/C38H48N6O6/c1-7-25-49-37(47)43(11-5)33(39-9-3)27-17-21-31(22-18-27)41-35(45)29-13-15-30(16-14-29)36(46)42-32-23-19-28(20-24-32)34(40-10-4)44(12-6)38(48)50-26-8-2/h13-24H,7-12,25-26H2,1-6H3,(H,41,45)(H,42,46). The van der Waals surface area contributed by atoms with Gasteiger partial charge in [0, 0.05) is 59.8 Å². The maximum Gasteiger partial charge on any atom is 0.415 e. The molecule has 4 amide bonds. The normalized spacial score (nSPS) is 11.4. The van der Waals surface area contributed by atoms with Crippen molar-refractivity contribution < 1.29 is 28.7 Å². The van der Waals surface area contributed by atoms with Crippen LogP contribution in [0, 0.1) is 0 Å². The number of carbonyl (C=O) groups excluding carboxylic acids is 4. The minimum absolute atomic E-state index is 0.328. The molecule has 0 saturated carbocycles. The van der Waals surface area contributed by atoms with Gasteiger partial charge in [-0.1, -0.05) is 13.8 Å². The Balaban J connectivity index is 1.65. The van der Waals surface area contributed by atoms with Crippen LogP contribution in [0.1, 0.15) is 86.2 Å². The number of ether oxygens (including phenoxy) is 2. The first-order valence-corrected chi connectivity index (χ1v) is 17.1. The third kappa shape index (κ3) is 10.7. The van der Waals surface area contributed by atoms with E-state index in [0.29, 0.717) is 73.6 Å². The summed E-state index contributed by atoms with van der Waals surface area (Å²) in [4.78, 5) is 63.2. The predicted molar refractivity (Wildman–Crippen MR) is 197 cm³/mol. The van der Waals surface area contributed by atoms with Gasteiger partial charge in [-0.15, -0.1) is 0 Å². The van der Waals surface area contributed by atoms with E-state index in [-0.39, 0.29) is 11.8 Å². The topological polar surface area (TPSA) is 142 Å². The van der Waals surface area contributed by atoms with Crippen LogP contribution >= 0.6 is 0 Å². The number of amides is 4. The van der Waals surface area contributed by atoms with Crippen molar-refractivity contribution in [3.63, 3.8) is 0 Å². The molecule has 0 aliphatic rings. The van der Waals surface area contributed by atoms with E-state index in [2.05, 4.69) is 20.6 Å². The SMILES string of the molecule is CCCOC(=O)N(CC)C(=NCC)c1ccc(NC(=O)c2ccc(C(=O)Nc3ccc(C(=NCC)N(CC)C(=O)OCCC)cc3)cc2)cc1. The largest absolute Gasteiger partial charge is 0.449 e. The summed E-state index contributed by atoms with van der Waals surface area (Å²) in [6, 6.07) is 20.5. The van der Waals surface area contributed by atoms with E-state index in [4.69, 9.17) is 9.47 Å². The van der Waals surface area contributed by atoms with E-state index in [9.17, 15) is 19.2 Å². The molecule has 0 fully saturated rings. The van der Waals surface area contributed by atoms with E-state index in [1.807, 2.05) is 41.5 Å². The zero-order valence-electron chi connectivity index (χ0n) is 29.8. The molecule has 0 aliphatic heterocycles.